The Bertz CT molecular complexity index is 841. The molecule has 8 heteroatoms. The van der Waals surface area contributed by atoms with Gasteiger partial charge in [0.25, 0.3) is 5.91 Å². The predicted molar refractivity (Wildman–Crippen MR) is 102 cm³/mol. The molecule has 2 aromatic carbocycles. The minimum atomic E-state index is -2.92. The van der Waals surface area contributed by atoms with Crippen molar-refractivity contribution in [3.63, 3.8) is 0 Å². The number of nitrogens with one attached hydrogen (secondary N) is 1. The highest BCUT2D eigenvalue weighted by atomic mass is 19.3. The van der Waals surface area contributed by atoms with E-state index in [9.17, 15) is 18.4 Å². The van der Waals surface area contributed by atoms with Crippen LogP contribution in [-0.4, -0.2) is 43.5 Å². The van der Waals surface area contributed by atoms with Crippen LogP contribution in [0.5, 0.6) is 11.5 Å². The number of nitrogens with zero attached hydrogens (tertiary/aromatic N) is 1. The van der Waals surface area contributed by atoms with Gasteiger partial charge in [0.05, 0.1) is 19.7 Å². The van der Waals surface area contributed by atoms with Crippen LogP contribution in [0.1, 0.15) is 34.8 Å². The topological polar surface area (TPSA) is 67.9 Å². The van der Waals surface area contributed by atoms with Gasteiger partial charge in [-0.3, -0.25) is 9.59 Å². The highest BCUT2D eigenvalue weighted by Crippen LogP contribution is 2.32. The second-order valence-electron chi connectivity index (χ2n) is 6.60. The lowest BCUT2D eigenvalue weighted by atomic mass is 10.0. The highest BCUT2D eigenvalue weighted by Gasteiger charge is 2.29. The number of benzene rings is 2. The number of alkyl halides is 2. The summed E-state index contributed by atoms with van der Waals surface area (Å²) in [6, 6.07) is 12.9. The number of hydrogen-bond acceptors (Lipinski definition) is 4. The molecule has 1 N–H and O–H groups in total. The SMILES string of the molecule is COc1ccc([C@@H]2CCCN2C(=O)CNC(=O)c2ccc(OC(F)F)cc2)cc1. The van der Waals surface area contributed by atoms with E-state index in [0.717, 1.165) is 24.2 Å². The van der Waals surface area contributed by atoms with E-state index in [-0.39, 0.29) is 29.8 Å². The lowest BCUT2D eigenvalue weighted by molar-refractivity contribution is -0.131. The monoisotopic (exact) mass is 404 g/mol. The standard InChI is InChI=1S/C21H22F2N2O4/c1-28-16-8-4-14(5-9-16)18-3-2-12-25(18)19(26)13-24-20(27)15-6-10-17(11-7-15)29-21(22)23/h4-11,18,21H,2-3,12-13H2,1H3,(H,24,27)/t18-/m0/s1. The van der Waals surface area contributed by atoms with Crippen molar-refractivity contribution in [3.05, 3.63) is 59.7 Å². The number of carbonyl (C=O) groups excluding carboxylic acids is 2. The average molecular weight is 404 g/mol. The lowest BCUT2D eigenvalue weighted by Crippen LogP contribution is -2.39. The van der Waals surface area contributed by atoms with Gasteiger partial charge >= 0.3 is 6.61 Å². The predicted octanol–water partition coefficient (Wildman–Crippen LogP) is 3.39. The Morgan fingerprint density at radius 3 is 2.38 bits per heavy atom. The summed E-state index contributed by atoms with van der Waals surface area (Å²) in [6.07, 6.45) is 1.75. The summed E-state index contributed by atoms with van der Waals surface area (Å²) >= 11 is 0. The fraction of sp³-hybridized carbons (Fsp3) is 0.333. The first kappa shape index (κ1) is 20.6. The molecule has 3 rings (SSSR count). The third kappa shape index (κ3) is 5.22. The second-order valence-corrected chi connectivity index (χ2v) is 6.60. The summed E-state index contributed by atoms with van der Waals surface area (Å²) < 4.78 is 33.8. The molecule has 0 bridgehead atoms. The van der Waals surface area contributed by atoms with Gasteiger partial charge in [-0.05, 0) is 54.8 Å². The number of carbonyl (C=O) groups is 2. The Hall–Kier alpha value is -3.16. The maximum atomic E-state index is 12.6. The third-order valence-electron chi connectivity index (χ3n) is 4.82. The Labute approximate surface area is 167 Å². The molecule has 0 radical (unpaired) electrons. The molecule has 0 spiro atoms. The molecular formula is C21H22F2N2O4. The van der Waals surface area contributed by atoms with Crippen LogP contribution in [0.3, 0.4) is 0 Å². The van der Waals surface area contributed by atoms with Crippen LogP contribution in [0.15, 0.2) is 48.5 Å². The first-order valence-corrected chi connectivity index (χ1v) is 9.24. The smallest absolute Gasteiger partial charge is 0.387 e. The number of ether oxygens (including phenoxy) is 2. The van der Waals surface area contributed by atoms with Gasteiger partial charge in [0, 0.05) is 12.1 Å². The first-order valence-electron chi connectivity index (χ1n) is 9.24. The van der Waals surface area contributed by atoms with Gasteiger partial charge in [-0.25, -0.2) is 0 Å². The number of likely N-dealkylation sites (tertiary alicyclic amines) is 1. The summed E-state index contributed by atoms with van der Waals surface area (Å²) in [5.74, 6) is 0.0883. The molecule has 1 aliphatic rings. The maximum absolute atomic E-state index is 12.6. The van der Waals surface area contributed by atoms with Gasteiger partial charge in [0.2, 0.25) is 5.91 Å². The number of halogens is 2. The fourth-order valence-corrected chi connectivity index (χ4v) is 3.39. The molecular weight excluding hydrogens is 382 g/mol. The minimum absolute atomic E-state index is 0.0314. The molecule has 0 saturated carbocycles. The zero-order chi connectivity index (χ0) is 20.8. The quantitative estimate of drug-likeness (QED) is 0.768. The van der Waals surface area contributed by atoms with Crippen molar-refractivity contribution in [3.8, 4) is 11.5 Å². The lowest BCUT2D eigenvalue weighted by Gasteiger charge is -2.25. The number of hydrogen-bond donors (Lipinski definition) is 1. The Kier molecular flexibility index (Phi) is 6.64. The largest absolute Gasteiger partial charge is 0.497 e. The van der Waals surface area contributed by atoms with Gasteiger partial charge in [0.1, 0.15) is 11.5 Å². The number of amides is 2. The molecule has 6 nitrogen and oxygen atoms in total. The van der Waals surface area contributed by atoms with Crippen LogP contribution in [0.4, 0.5) is 8.78 Å². The zero-order valence-corrected chi connectivity index (χ0v) is 15.9. The van der Waals surface area contributed by atoms with E-state index < -0.39 is 12.5 Å². The van der Waals surface area contributed by atoms with Crippen molar-refractivity contribution in [2.45, 2.75) is 25.5 Å². The number of rotatable bonds is 7. The molecule has 29 heavy (non-hydrogen) atoms. The van der Waals surface area contributed by atoms with Gasteiger partial charge in [-0.2, -0.15) is 8.78 Å². The fourth-order valence-electron chi connectivity index (χ4n) is 3.39. The van der Waals surface area contributed by atoms with Crippen LogP contribution >= 0.6 is 0 Å². The van der Waals surface area contributed by atoms with E-state index in [1.807, 2.05) is 24.3 Å². The molecule has 0 aliphatic carbocycles. The number of methoxy groups -OCH3 is 1. The molecule has 0 aromatic heterocycles. The summed E-state index contributed by atoms with van der Waals surface area (Å²) in [6.45, 7) is -2.43. The Morgan fingerprint density at radius 1 is 1.10 bits per heavy atom. The Morgan fingerprint density at radius 2 is 1.76 bits per heavy atom. The van der Waals surface area contributed by atoms with E-state index in [1.54, 1.807) is 12.0 Å². The van der Waals surface area contributed by atoms with Gasteiger partial charge in [0.15, 0.2) is 0 Å². The van der Waals surface area contributed by atoms with Gasteiger partial charge < -0.3 is 19.7 Å². The van der Waals surface area contributed by atoms with Crippen LogP contribution in [0, 0.1) is 0 Å². The molecule has 1 atom stereocenters. The second kappa shape index (κ2) is 9.36. The van der Waals surface area contributed by atoms with Crippen molar-refractivity contribution in [2.24, 2.45) is 0 Å². The third-order valence-corrected chi connectivity index (χ3v) is 4.82. The molecule has 2 aromatic rings. The molecule has 0 unspecified atom stereocenters. The van der Waals surface area contributed by atoms with E-state index in [4.69, 9.17) is 4.74 Å². The van der Waals surface area contributed by atoms with Crippen molar-refractivity contribution in [1.29, 1.82) is 0 Å². The van der Waals surface area contributed by atoms with Gasteiger partial charge in [-0.1, -0.05) is 12.1 Å². The minimum Gasteiger partial charge on any atom is -0.497 e. The summed E-state index contributed by atoms with van der Waals surface area (Å²) in [5.41, 5.74) is 1.28. The molecule has 154 valence electrons. The zero-order valence-electron chi connectivity index (χ0n) is 15.9. The van der Waals surface area contributed by atoms with Gasteiger partial charge in [-0.15, -0.1) is 0 Å². The summed E-state index contributed by atoms with van der Waals surface area (Å²) in [5, 5.41) is 2.59. The van der Waals surface area contributed by atoms with Crippen molar-refractivity contribution in [2.75, 3.05) is 20.2 Å². The van der Waals surface area contributed by atoms with E-state index in [1.165, 1.54) is 24.3 Å². The van der Waals surface area contributed by atoms with Crippen molar-refractivity contribution >= 4 is 11.8 Å². The van der Waals surface area contributed by atoms with Crippen molar-refractivity contribution < 1.29 is 27.8 Å². The van der Waals surface area contributed by atoms with Crippen LogP contribution in [-0.2, 0) is 4.79 Å². The van der Waals surface area contributed by atoms with Crippen LogP contribution < -0.4 is 14.8 Å². The van der Waals surface area contributed by atoms with Crippen LogP contribution in [0.25, 0.3) is 0 Å². The van der Waals surface area contributed by atoms with Crippen molar-refractivity contribution in [1.82, 2.24) is 10.2 Å². The Balaban J connectivity index is 1.56. The molecule has 1 saturated heterocycles. The normalized spacial score (nSPS) is 16.0. The molecule has 1 aliphatic heterocycles. The molecule has 2 amide bonds. The summed E-state index contributed by atoms with van der Waals surface area (Å²) in [4.78, 5) is 26.6. The first-order chi connectivity index (χ1) is 14.0. The van der Waals surface area contributed by atoms with Crippen LogP contribution in [0.2, 0.25) is 0 Å². The molecule has 1 heterocycles. The molecule has 1 fully saturated rings. The average Bonchev–Trinajstić information content (AvgIpc) is 3.22. The van der Waals surface area contributed by atoms with E-state index in [0.29, 0.717) is 6.54 Å². The highest BCUT2D eigenvalue weighted by molar-refractivity contribution is 5.96. The van der Waals surface area contributed by atoms with E-state index >= 15 is 0 Å². The maximum Gasteiger partial charge on any atom is 0.387 e. The van der Waals surface area contributed by atoms with E-state index in [2.05, 4.69) is 10.1 Å². The summed E-state index contributed by atoms with van der Waals surface area (Å²) in [7, 11) is 1.60.